The van der Waals surface area contributed by atoms with Gasteiger partial charge in [0.1, 0.15) is 5.60 Å². The van der Waals surface area contributed by atoms with Crippen LogP contribution in [0.15, 0.2) is 36.7 Å². The van der Waals surface area contributed by atoms with Crippen LogP contribution < -0.4 is 0 Å². The van der Waals surface area contributed by atoms with Crippen LogP contribution in [0.3, 0.4) is 0 Å². The zero-order valence-electron chi connectivity index (χ0n) is 15.1. The molecule has 3 aliphatic rings. The van der Waals surface area contributed by atoms with Crippen LogP contribution >= 0.6 is 0 Å². The summed E-state index contributed by atoms with van der Waals surface area (Å²) in [6.07, 6.45) is 14.4. The van der Waals surface area contributed by atoms with E-state index in [2.05, 4.69) is 39.9 Å². The highest BCUT2D eigenvalue weighted by molar-refractivity contribution is 5.23. The summed E-state index contributed by atoms with van der Waals surface area (Å²) >= 11 is 0. The fraction of sp³-hybridized carbons (Fsp3) is 0.591. The lowest BCUT2D eigenvalue weighted by molar-refractivity contribution is 0.0430. The van der Waals surface area contributed by atoms with Gasteiger partial charge in [0.15, 0.2) is 0 Å². The molecule has 132 valence electrons. The van der Waals surface area contributed by atoms with Gasteiger partial charge in [-0.05, 0) is 62.6 Å². The number of aliphatic hydroxyl groups is 1. The Labute approximate surface area is 151 Å². The molecular weight excluding hydrogens is 308 g/mol. The Morgan fingerprint density at radius 2 is 2.24 bits per heavy atom. The van der Waals surface area contributed by atoms with Crippen LogP contribution in [-0.2, 0) is 0 Å². The highest BCUT2D eigenvalue weighted by Gasteiger charge is 2.44. The van der Waals surface area contributed by atoms with Crippen LogP contribution in [-0.4, -0.2) is 33.7 Å². The van der Waals surface area contributed by atoms with Gasteiger partial charge in [0.25, 0.3) is 0 Å². The molecule has 25 heavy (non-hydrogen) atoms. The third-order valence-electron chi connectivity index (χ3n) is 6.31. The molecule has 1 aromatic heterocycles. The number of aromatic nitrogens is 1. The van der Waals surface area contributed by atoms with Crippen LogP contribution in [0.5, 0.6) is 0 Å². The zero-order chi connectivity index (χ0) is 17.3. The SMILES string of the molecule is C[C@](O)(C#CCN1CCCC[C@@H]1c1cccnc1)[C@H]1C[C@H]2C=C[C@H]1C2. The summed E-state index contributed by atoms with van der Waals surface area (Å²) in [5, 5.41) is 10.9. The first-order valence-corrected chi connectivity index (χ1v) is 9.68. The van der Waals surface area contributed by atoms with Crippen molar-refractivity contribution in [3.63, 3.8) is 0 Å². The fourth-order valence-corrected chi connectivity index (χ4v) is 4.97. The average molecular weight is 336 g/mol. The van der Waals surface area contributed by atoms with E-state index in [0.717, 1.165) is 19.5 Å². The summed E-state index contributed by atoms with van der Waals surface area (Å²) in [5.41, 5.74) is 0.415. The second kappa shape index (κ2) is 6.94. The summed E-state index contributed by atoms with van der Waals surface area (Å²) in [4.78, 5) is 6.73. The molecule has 0 amide bonds. The Morgan fingerprint density at radius 1 is 1.32 bits per heavy atom. The summed E-state index contributed by atoms with van der Waals surface area (Å²) < 4.78 is 0. The third kappa shape index (κ3) is 3.52. The summed E-state index contributed by atoms with van der Waals surface area (Å²) in [6, 6.07) is 4.59. The van der Waals surface area contributed by atoms with Crippen molar-refractivity contribution >= 4 is 0 Å². The molecule has 2 heterocycles. The third-order valence-corrected chi connectivity index (χ3v) is 6.31. The fourth-order valence-electron chi connectivity index (χ4n) is 4.97. The molecular formula is C22H28N2O. The normalized spacial score (nSPS) is 33.7. The number of allylic oxidation sites excluding steroid dienone is 2. The van der Waals surface area contributed by atoms with Gasteiger partial charge < -0.3 is 5.11 Å². The molecule has 0 spiro atoms. The number of rotatable bonds is 3. The van der Waals surface area contributed by atoms with Gasteiger partial charge in [-0.2, -0.15) is 0 Å². The van der Waals surface area contributed by atoms with Crippen molar-refractivity contribution in [1.29, 1.82) is 0 Å². The van der Waals surface area contributed by atoms with Crippen LogP contribution in [0.25, 0.3) is 0 Å². The molecule has 1 aliphatic heterocycles. The number of piperidine rings is 1. The van der Waals surface area contributed by atoms with Gasteiger partial charge in [-0.25, -0.2) is 0 Å². The van der Waals surface area contributed by atoms with Gasteiger partial charge in [0.2, 0.25) is 0 Å². The Balaban J connectivity index is 1.43. The van der Waals surface area contributed by atoms with Crippen molar-refractivity contribution in [2.24, 2.45) is 17.8 Å². The van der Waals surface area contributed by atoms with E-state index in [1.165, 1.54) is 31.2 Å². The van der Waals surface area contributed by atoms with E-state index < -0.39 is 5.60 Å². The molecule has 1 saturated carbocycles. The summed E-state index contributed by atoms with van der Waals surface area (Å²) in [7, 11) is 0. The molecule has 1 aromatic rings. The Kier molecular flexibility index (Phi) is 4.67. The monoisotopic (exact) mass is 336 g/mol. The first kappa shape index (κ1) is 16.8. The standard InChI is InChI=1S/C22H28N2O/c1-22(25,20-15-17-8-9-18(20)14-17)10-5-13-24-12-3-2-7-21(24)19-6-4-11-23-16-19/h4,6,8-9,11,16-18,20-21,25H,2-3,7,12-15H2,1H3/t17-,18-,20-,21+,22-/m0/s1. The zero-order valence-corrected chi connectivity index (χ0v) is 15.1. The largest absolute Gasteiger partial charge is 0.378 e. The highest BCUT2D eigenvalue weighted by Crippen LogP contribution is 2.47. The van der Waals surface area contributed by atoms with Crippen molar-refractivity contribution in [3.05, 3.63) is 42.2 Å². The number of likely N-dealkylation sites (tertiary alicyclic amines) is 1. The van der Waals surface area contributed by atoms with Gasteiger partial charge >= 0.3 is 0 Å². The average Bonchev–Trinajstić information content (AvgIpc) is 3.27. The van der Waals surface area contributed by atoms with Crippen molar-refractivity contribution < 1.29 is 5.11 Å². The maximum absolute atomic E-state index is 10.9. The minimum atomic E-state index is -0.871. The first-order valence-electron chi connectivity index (χ1n) is 9.68. The Morgan fingerprint density at radius 3 is 2.96 bits per heavy atom. The Bertz CT molecular complexity index is 685. The maximum Gasteiger partial charge on any atom is 0.126 e. The van der Waals surface area contributed by atoms with Crippen molar-refractivity contribution in [3.8, 4) is 11.8 Å². The molecule has 2 bridgehead atoms. The van der Waals surface area contributed by atoms with Crippen LogP contribution in [0, 0.1) is 29.6 Å². The number of hydrogen-bond acceptors (Lipinski definition) is 3. The maximum atomic E-state index is 10.9. The van der Waals surface area contributed by atoms with E-state index in [1.807, 2.05) is 25.4 Å². The van der Waals surface area contributed by atoms with Crippen LogP contribution in [0.2, 0.25) is 0 Å². The quantitative estimate of drug-likeness (QED) is 0.677. The van der Waals surface area contributed by atoms with E-state index in [-0.39, 0.29) is 0 Å². The van der Waals surface area contributed by atoms with Crippen LogP contribution in [0.1, 0.15) is 50.6 Å². The van der Waals surface area contributed by atoms with Crippen molar-refractivity contribution in [1.82, 2.24) is 9.88 Å². The second-order valence-electron chi connectivity index (χ2n) is 8.10. The molecule has 1 N–H and O–H groups in total. The molecule has 1 saturated heterocycles. The van der Waals surface area contributed by atoms with E-state index in [0.29, 0.717) is 23.8 Å². The van der Waals surface area contributed by atoms with Gasteiger partial charge in [0.05, 0.1) is 6.54 Å². The van der Waals surface area contributed by atoms with Gasteiger partial charge in [-0.3, -0.25) is 9.88 Å². The number of fused-ring (bicyclic) bond motifs is 2. The molecule has 3 heteroatoms. The molecule has 0 unspecified atom stereocenters. The molecule has 2 aliphatic carbocycles. The molecule has 3 nitrogen and oxygen atoms in total. The van der Waals surface area contributed by atoms with E-state index >= 15 is 0 Å². The van der Waals surface area contributed by atoms with Gasteiger partial charge in [-0.15, -0.1) is 0 Å². The van der Waals surface area contributed by atoms with Crippen LogP contribution in [0.4, 0.5) is 0 Å². The second-order valence-corrected chi connectivity index (χ2v) is 8.10. The highest BCUT2D eigenvalue weighted by atomic mass is 16.3. The molecule has 4 rings (SSSR count). The predicted octanol–water partition coefficient (Wildman–Crippen LogP) is 3.58. The summed E-state index contributed by atoms with van der Waals surface area (Å²) in [5.74, 6) is 8.02. The van der Waals surface area contributed by atoms with E-state index in [1.54, 1.807) is 0 Å². The summed E-state index contributed by atoms with van der Waals surface area (Å²) in [6.45, 7) is 3.72. The molecule has 0 aromatic carbocycles. The first-order chi connectivity index (χ1) is 12.1. The lowest BCUT2D eigenvalue weighted by atomic mass is 9.80. The lowest BCUT2D eigenvalue weighted by Crippen LogP contribution is -2.36. The predicted molar refractivity (Wildman–Crippen MR) is 99.6 cm³/mol. The minimum Gasteiger partial charge on any atom is -0.378 e. The number of hydrogen-bond donors (Lipinski definition) is 1. The van der Waals surface area contributed by atoms with Crippen molar-refractivity contribution in [2.75, 3.05) is 13.1 Å². The minimum absolute atomic E-state index is 0.297. The number of nitrogens with zero attached hydrogens (tertiary/aromatic N) is 2. The molecule has 5 atom stereocenters. The van der Waals surface area contributed by atoms with Gasteiger partial charge in [0, 0.05) is 24.4 Å². The molecule has 2 fully saturated rings. The number of pyridine rings is 1. The lowest BCUT2D eigenvalue weighted by Gasteiger charge is -2.34. The van der Waals surface area contributed by atoms with Gasteiger partial charge in [-0.1, -0.05) is 36.5 Å². The topological polar surface area (TPSA) is 36.4 Å². The van der Waals surface area contributed by atoms with E-state index in [4.69, 9.17) is 0 Å². The van der Waals surface area contributed by atoms with E-state index in [9.17, 15) is 5.11 Å². The van der Waals surface area contributed by atoms with Crippen molar-refractivity contribution in [2.45, 2.75) is 50.7 Å². The molecule has 0 radical (unpaired) electrons. The smallest absolute Gasteiger partial charge is 0.126 e. The Hall–Kier alpha value is -1.63.